The summed E-state index contributed by atoms with van der Waals surface area (Å²) in [6, 6.07) is 8.47. The first kappa shape index (κ1) is 15.4. The quantitative estimate of drug-likeness (QED) is 0.737. The van der Waals surface area contributed by atoms with Crippen LogP contribution in [0.15, 0.2) is 36.5 Å². The highest BCUT2D eigenvalue weighted by molar-refractivity contribution is 5.97. The molecule has 2 N–H and O–H groups in total. The fraction of sp³-hybridized carbons (Fsp3) is 0.312. The summed E-state index contributed by atoms with van der Waals surface area (Å²) in [6.45, 7) is 0.580. The Morgan fingerprint density at radius 1 is 1.32 bits per heavy atom. The first-order valence-corrected chi connectivity index (χ1v) is 7.98. The second-order valence-electron chi connectivity index (χ2n) is 5.96. The van der Waals surface area contributed by atoms with Gasteiger partial charge < -0.3 is 10.2 Å². The van der Waals surface area contributed by atoms with Crippen LogP contribution >= 0.6 is 0 Å². The predicted molar refractivity (Wildman–Crippen MR) is 88.9 cm³/mol. The number of benzene rings is 1. The third-order valence-corrected chi connectivity index (χ3v) is 4.29. The molecule has 1 fully saturated rings. The number of H-pyrrole nitrogens is 1. The molecule has 0 radical (unpaired) electrons. The summed E-state index contributed by atoms with van der Waals surface area (Å²) in [5, 5.41) is 21.2. The topological polar surface area (TPSA) is 99.7 Å². The summed E-state index contributed by atoms with van der Waals surface area (Å²) in [7, 11) is 0. The van der Waals surface area contributed by atoms with Gasteiger partial charge in [0.25, 0.3) is 5.91 Å². The van der Waals surface area contributed by atoms with Crippen molar-refractivity contribution < 1.29 is 9.18 Å². The van der Waals surface area contributed by atoms with E-state index in [2.05, 4.69) is 30.9 Å². The van der Waals surface area contributed by atoms with Crippen LogP contribution < -0.4 is 10.2 Å². The minimum atomic E-state index is -0.949. The molecule has 0 bridgehead atoms. The highest BCUT2D eigenvalue weighted by atomic mass is 19.1. The van der Waals surface area contributed by atoms with Gasteiger partial charge in [-0.05, 0) is 30.3 Å². The van der Waals surface area contributed by atoms with E-state index in [0.717, 1.165) is 0 Å². The zero-order chi connectivity index (χ0) is 17.2. The zero-order valence-corrected chi connectivity index (χ0v) is 13.3. The number of hydrogen-bond donors (Lipinski definition) is 2. The molecule has 0 saturated carbocycles. The number of nitrogens with zero attached hydrogens (tertiary/aromatic N) is 5. The van der Waals surface area contributed by atoms with E-state index in [-0.39, 0.29) is 18.5 Å². The van der Waals surface area contributed by atoms with Gasteiger partial charge in [0.2, 0.25) is 0 Å². The summed E-state index contributed by atoms with van der Waals surface area (Å²) in [4.78, 5) is 14.2. The molecule has 1 aromatic carbocycles. The summed E-state index contributed by atoms with van der Waals surface area (Å²) in [5.41, 5.74) is 1.81. The molecule has 128 valence electrons. The summed E-state index contributed by atoms with van der Waals surface area (Å²) < 4.78 is 13.9. The van der Waals surface area contributed by atoms with Crippen LogP contribution in [0.2, 0.25) is 0 Å². The molecule has 2 atom stereocenters. The maximum atomic E-state index is 13.9. The standard InChI is InChI=1S/C16H16FN7O/c17-11-7-12(24(9-11)15-2-1-5-19-22-15)8-18-16(25)10-3-4-13-14(6-10)21-23-20-13/h1-6,11-12H,7-9H2,(H,18,25)(H,20,21,23)/t11-,12-/m0/s1. The Kier molecular flexibility index (Phi) is 3.96. The van der Waals surface area contributed by atoms with E-state index in [1.165, 1.54) is 0 Å². The lowest BCUT2D eigenvalue weighted by Crippen LogP contribution is -2.40. The van der Waals surface area contributed by atoms with Gasteiger partial charge in [-0.2, -0.15) is 20.5 Å². The van der Waals surface area contributed by atoms with Crippen LogP contribution in [0.4, 0.5) is 10.2 Å². The van der Waals surface area contributed by atoms with E-state index in [1.54, 1.807) is 36.5 Å². The lowest BCUT2D eigenvalue weighted by molar-refractivity contribution is 0.0951. The Bertz CT molecular complexity index is 884. The largest absolute Gasteiger partial charge is 0.350 e. The van der Waals surface area contributed by atoms with Gasteiger partial charge in [0.15, 0.2) is 5.82 Å². The minimum absolute atomic E-state index is 0.161. The third-order valence-electron chi connectivity index (χ3n) is 4.29. The van der Waals surface area contributed by atoms with E-state index < -0.39 is 6.17 Å². The van der Waals surface area contributed by atoms with Gasteiger partial charge in [0, 0.05) is 24.7 Å². The van der Waals surface area contributed by atoms with Crippen LogP contribution in [0, 0.1) is 0 Å². The highest BCUT2D eigenvalue weighted by Gasteiger charge is 2.33. The Morgan fingerprint density at radius 3 is 3.04 bits per heavy atom. The van der Waals surface area contributed by atoms with Crippen molar-refractivity contribution in [3.8, 4) is 0 Å². The minimum Gasteiger partial charge on any atom is -0.350 e. The molecule has 9 heteroatoms. The van der Waals surface area contributed by atoms with Crippen LogP contribution in [0.1, 0.15) is 16.8 Å². The predicted octanol–water partition coefficient (Wildman–Crippen LogP) is 1.09. The van der Waals surface area contributed by atoms with E-state index in [4.69, 9.17) is 0 Å². The normalized spacial score (nSPS) is 20.1. The van der Waals surface area contributed by atoms with Crippen molar-refractivity contribution >= 4 is 22.8 Å². The van der Waals surface area contributed by atoms with Gasteiger partial charge in [-0.25, -0.2) is 4.39 Å². The SMILES string of the molecule is O=C(NC[C@@H]1C[C@H](F)CN1c1cccnn1)c1ccc2n[nH]nc2c1. The zero-order valence-electron chi connectivity index (χ0n) is 13.3. The fourth-order valence-electron chi connectivity index (χ4n) is 3.07. The van der Waals surface area contributed by atoms with Gasteiger partial charge in [-0.15, -0.1) is 5.10 Å². The number of nitrogens with one attached hydrogen (secondary N) is 2. The molecule has 0 spiro atoms. The van der Waals surface area contributed by atoms with E-state index in [9.17, 15) is 9.18 Å². The highest BCUT2D eigenvalue weighted by Crippen LogP contribution is 2.25. The second kappa shape index (κ2) is 6.42. The van der Waals surface area contributed by atoms with Crippen LogP contribution in [-0.4, -0.2) is 56.8 Å². The average Bonchev–Trinajstić information content (AvgIpc) is 3.25. The van der Waals surface area contributed by atoms with Gasteiger partial charge in [-0.3, -0.25) is 4.79 Å². The van der Waals surface area contributed by atoms with Crippen molar-refractivity contribution in [2.75, 3.05) is 18.0 Å². The van der Waals surface area contributed by atoms with Crippen molar-refractivity contribution in [1.29, 1.82) is 0 Å². The summed E-state index contributed by atoms with van der Waals surface area (Å²) in [6.07, 6.45) is 0.970. The number of halogens is 1. The molecule has 0 aliphatic carbocycles. The summed E-state index contributed by atoms with van der Waals surface area (Å²) in [5.74, 6) is 0.386. The van der Waals surface area contributed by atoms with E-state index >= 15 is 0 Å². The Labute approximate surface area is 142 Å². The Balaban J connectivity index is 1.45. The average molecular weight is 341 g/mol. The molecule has 1 saturated heterocycles. The number of amides is 1. The van der Waals surface area contributed by atoms with Gasteiger partial charge in [0.05, 0.1) is 12.6 Å². The molecular weight excluding hydrogens is 325 g/mol. The van der Waals surface area contributed by atoms with Crippen molar-refractivity contribution in [2.24, 2.45) is 0 Å². The lowest BCUT2D eigenvalue weighted by Gasteiger charge is -2.24. The number of carbonyl (C=O) groups is 1. The molecule has 0 unspecified atom stereocenters. The van der Waals surface area contributed by atoms with Crippen molar-refractivity contribution in [3.05, 3.63) is 42.1 Å². The van der Waals surface area contributed by atoms with Gasteiger partial charge in [0.1, 0.15) is 17.2 Å². The molecule has 4 rings (SSSR count). The number of fused-ring (bicyclic) bond motifs is 1. The van der Waals surface area contributed by atoms with Crippen LogP contribution in [0.25, 0.3) is 11.0 Å². The molecule has 1 amide bonds. The van der Waals surface area contributed by atoms with Gasteiger partial charge >= 0.3 is 0 Å². The maximum Gasteiger partial charge on any atom is 0.251 e. The smallest absolute Gasteiger partial charge is 0.251 e. The number of rotatable bonds is 4. The molecule has 3 heterocycles. The lowest BCUT2D eigenvalue weighted by atomic mass is 10.1. The fourth-order valence-corrected chi connectivity index (χ4v) is 3.07. The first-order valence-electron chi connectivity index (χ1n) is 7.98. The van der Waals surface area contributed by atoms with Crippen molar-refractivity contribution in [3.63, 3.8) is 0 Å². The molecule has 25 heavy (non-hydrogen) atoms. The number of aromatic amines is 1. The first-order chi connectivity index (χ1) is 12.2. The Hall–Kier alpha value is -3.10. The summed E-state index contributed by atoms with van der Waals surface area (Å²) >= 11 is 0. The number of carbonyl (C=O) groups excluding carboxylic acids is 1. The van der Waals surface area contributed by atoms with Crippen LogP contribution in [0.5, 0.6) is 0 Å². The number of hydrogen-bond acceptors (Lipinski definition) is 6. The van der Waals surface area contributed by atoms with Gasteiger partial charge in [-0.1, -0.05) is 0 Å². The Morgan fingerprint density at radius 2 is 2.20 bits per heavy atom. The number of aromatic nitrogens is 5. The molecule has 1 aliphatic rings. The monoisotopic (exact) mass is 341 g/mol. The molecule has 1 aliphatic heterocycles. The number of alkyl halides is 1. The third kappa shape index (κ3) is 3.12. The molecule has 3 aromatic rings. The molecular formula is C16H16FN7O. The van der Waals surface area contributed by atoms with E-state index in [1.807, 2.05) is 4.90 Å². The molecule has 8 nitrogen and oxygen atoms in total. The second-order valence-corrected chi connectivity index (χ2v) is 5.96. The van der Waals surface area contributed by atoms with E-state index in [0.29, 0.717) is 35.4 Å². The van der Waals surface area contributed by atoms with Crippen molar-refractivity contribution in [1.82, 2.24) is 30.9 Å². The van der Waals surface area contributed by atoms with Crippen LogP contribution in [-0.2, 0) is 0 Å². The van der Waals surface area contributed by atoms with Crippen LogP contribution in [0.3, 0.4) is 0 Å². The van der Waals surface area contributed by atoms with Crippen molar-refractivity contribution in [2.45, 2.75) is 18.6 Å². The molecule has 2 aromatic heterocycles. The maximum absolute atomic E-state index is 13.9. The number of anilines is 1.